The van der Waals surface area contributed by atoms with E-state index in [1.54, 1.807) is 6.92 Å². The maximum atomic E-state index is 11.6. The quantitative estimate of drug-likeness (QED) is 0.540. The molecule has 0 spiro atoms. The Labute approximate surface area is 118 Å². The highest BCUT2D eigenvalue weighted by Gasteiger charge is 2.19. The molecule has 0 bridgehead atoms. The van der Waals surface area contributed by atoms with E-state index in [2.05, 4.69) is 15.3 Å². The van der Waals surface area contributed by atoms with Crippen LogP contribution in [0.2, 0.25) is 0 Å². The lowest BCUT2D eigenvalue weighted by atomic mass is 10.1. The van der Waals surface area contributed by atoms with Crippen LogP contribution >= 0.6 is 0 Å². The minimum absolute atomic E-state index is 0.0258. The molecule has 0 radical (unpaired) electrons. The molecular formula is C12H13N5O4. The van der Waals surface area contributed by atoms with Gasteiger partial charge in [0, 0.05) is 18.5 Å². The van der Waals surface area contributed by atoms with E-state index in [0.717, 1.165) is 6.07 Å². The van der Waals surface area contributed by atoms with Gasteiger partial charge in [-0.3, -0.25) is 19.7 Å². The molecule has 2 aromatic rings. The van der Waals surface area contributed by atoms with E-state index in [1.165, 1.54) is 12.4 Å². The SMILES string of the molecule is CC(CC(N)=O)Nc1cc2nc[nH]c(=O)c2cc1[N+](=O)[O-]. The number of primary amides is 1. The number of anilines is 1. The maximum absolute atomic E-state index is 11.6. The van der Waals surface area contributed by atoms with Crippen molar-refractivity contribution in [3.05, 3.63) is 38.9 Å². The number of nitro benzene ring substituents is 1. The highest BCUT2D eigenvalue weighted by molar-refractivity contribution is 5.86. The fraction of sp³-hybridized carbons (Fsp3) is 0.250. The third-order valence-electron chi connectivity index (χ3n) is 2.86. The van der Waals surface area contributed by atoms with Crippen molar-refractivity contribution in [2.75, 3.05) is 5.32 Å². The second-order valence-electron chi connectivity index (χ2n) is 4.59. The Morgan fingerprint density at radius 3 is 2.90 bits per heavy atom. The van der Waals surface area contributed by atoms with Crippen LogP contribution in [0.15, 0.2) is 23.3 Å². The van der Waals surface area contributed by atoms with E-state index in [1.807, 2.05) is 0 Å². The molecule has 0 aliphatic heterocycles. The van der Waals surface area contributed by atoms with E-state index >= 15 is 0 Å². The van der Waals surface area contributed by atoms with E-state index in [-0.39, 0.29) is 29.2 Å². The van der Waals surface area contributed by atoms with Crippen LogP contribution in [0.25, 0.3) is 10.9 Å². The number of aromatic amines is 1. The molecule has 0 saturated carbocycles. The smallest absolute Gasteiger partial charge is 0.293 e. The van der Waals surface area contributed by atoms with Gasteiger partial charge in [-0.15, -0.1) is 0 Å². The Kier molecular flexibility index (Phi) is 3.83. The van der Waals surface area contributed by atoms with Gasteiger partial charge in [-0.1, -0.05) is 0 Å². The van der Waals surface area contributed by atoms with Gasteiger partial charge in [0.15, 0.2) is 0 Å². The van der Waals surface area contributed by atoms with Gasteiger partial charge >= 0.3 is 0 Å². The van der Waals surface area contributed by atoms with Crippen molar-refractivity contribution in [3.8, 4) is 0 Å². The predicted molar refractivity (Wildman–Crippen MR) is 75.9 cm³/mol. The van der Waals surface area contributed by atoms with Crippen molar-refractivity contribution < 1.29 is 9.72 Å². The molecule has 110 valence electrons. The summed E-state index contributed by atoms with van der Waals surface area (Å²) >= 11 is 0. The summed E-state index contributed by atoms with van der Waals surface area (Å²) in [4.78, 5) is 39.3. The molecule has 1 aromatic carbocycles. The standard InChI is InChI=1S/C12H13N5O4/c1-6(2-11(13)18)16-9-4-8-7(3-10(9)17(20)21)12(19)15-5-14-8/h3-6,16H,2H2,1H3,(H2,13,18)(H,14,15,19). The van der Waals surface area contributed by atoms with Crippen LogP contribution in [0.5, 0.6) is 0 Å². The summed E-state index contributed by atoms with van der Waals surface area (Å²) in [5.74, 6) is -0.520. The molecule has 9 nitrogen and oxygen atoms in total. The molecule has 2 rings (SSSR count). The fourth-order valence-corrected chi connectivity index (χ4v) is 1.99. The number of nitrogens with two attached hydrogens (primary N) is 1. The molecule has 1 aromatic heterocycles. The highest BCUT2D eigenvalue weighted by Crippen LogP contribution is 2.28. The Bertz CT molecular complexity index is 770. The Morgan fingerprint density at radius 1 is 1.57 bits per heavy atom. The highest BCUT2D eigenvalue weighted by atomic mass is 16.6. The van der Waals surface area contributed by atoms with Crippen LogP contribution in [-0.4, -0.2) is 26.8 Å². The number of hydrogen-bond donors (Lipinski definition) is 3. The lowest BCUT2D eigenvalue weighted by Gasteiger charge is -2.13. The molecule has 4 N–H and O–H groups in total. The van der Waals surface area contributed by atoms with Gasteiger partial charge in [0.1, 0.15) is 5.69 Å². The van der Waals surface area contributed by atoms with Crippen molar-refractivity contribution in [1.29, 1.82) is 0 Å². The number of benzene rings is 1. The summed E-state index contributed by atoms with van der Waals surface area (Å²) in [7, 11) is 0. The monoisotopic (exact) mass is 291 g/mol. The number of hydrogen-bond acceptors (Lipinski definition) is 6. The molecule has 1 atom stereocenters. The van der Waals surface area contributed by atoms with E-state index in [9.17, 15) is 19.7 Å². The minimum Gasteiger partial charge on any atom is -0.376 e. The first-order chi connectivity index (χ1) is 9.88. The number of carbonyl (C=O) groups is 1. The fourth-order valence-electron chi connectivity index (χ4n) is 1.99. The molecule has 0 saturated heterocycles. The van der Waals surface area contributed by atoms with Gasteiger partial charge in [-0.05, 0) is 13.0 Å². The summed E-state index contributed by atoms with van der Waals surface area (Å²) in [5.41, 5.74) is 4.86. The number of carbonyl (C=O) groups excluding carboxylic acids is 1. The number of nitrogens with one attached hydrogen (secondary N) is 2. The Hall–Kier alpha value is -2.97. The van der Waals surface area contributed by atoms with Gasteiger partial charge in [0.2, 0.25) is 5.91 Å². The van der Waals surface area contributed by atoms with Gasteiger partial charge in [-0.2, -0.15) is 0 Å². The molecule has 1 heterocycles. The first kappa shape index (κ1) is 14.4. The molecule has 0 fully saturated rings. The minimum atomic E-state index is -0.606. The lowest BCUT2D eigenvalue weighted by Crippen LogP contribution is -2.24. The number of nitrogens with zero attached hydrogens (tertiary/aromatic N) is 2. The van der Waals surface area contributed by atoms with Crippen LogP contribution in [0, 0.1) is 10.1 Å². The normalized spacial score (nSPS) is 12.0. The zero-order chi connectivity index (χ0) is 15.6. The number of nitro groups is 1. The maximum Gasteiger partial charge on any atom is 0.293 e. The molecule has 21 heavy (non-hydrogen) atoms. The van der Waals surface area contributed by atoms with Crippen molar-refractivity contribution in [1.82, 2.24) is 9.97 Å². The predicted octanol–water partition coefficient (Wildman–Crippen LogP) is 0.507. The summed E-state index contributed by atoms with van der Waals surface area (Å²) in [6.45, 7) is 1.67. The van der Waals surface area contributed by atoms with Crippen LogP contribution in [-0.2, 0) is 4.79 Å². The average molecular weight is 291 g/mol. The topological polar surface area (TPSA) is 144 Å². The van der Waals surface area contributed by atoms with Crippen molar-refractivity contribution in [2.24, 2.45) is 5.73 Å². The third-order valence-corrected chi connectivity index (χ3v) is 2.86. The number of rotatable bonds is 5. The van der Waals surface area contributed by atoms with Crippen LogP contribution < -0.4 is 16.6 Å². The Balaban J connectivity index is 2.51. The summed E-state index contributed by atoms with van der Waals surface area (Å²) in [6.07, 6.45) is 1.24. The molecule has 1 amide bonds. The number of amides is 1. The first-order valence-electron chi connectivity index (χ1n) is 6.09. The first-order valence-corrected chi connectivity index (χ1v) is 6.09. The van der Waals surface area contributed by atoms with Crippen molar-refractivity contribution in [3.63, 3.8) is 0 Å². The average Bonchev–Trinajstić information content (AvgIpc) is 2.37. The third kappa shape index (κ3) is 3.14. The van der Waals surface area contributed by atoms with Crippen LogP contribution in [0.4, 0.5) is 11.4 Å². The van der Waals surface area contributed by atoms with Gasteiger partial charge < -0.3 is 16.0 Å². The molecule has 0 aliphatic carbocycles. The van der Waals surface area contributed by atoms with Crippen molar-refractivity contribution >= 4 is 28.2 Å². The second kappa shape index (κ2) is 5.57. The van der Waals surface area contributed by atoms with Crippen LogP contribution in [0.3, 0.4) is 0 Å². The summed E-state index contributed by atoms with van der Waals surface area (Å²) < 4.78 is 0. The number of fused-ring (bicyclic) bond motifs is 1. The molecule has 1 unspecified atom stereocenters. The van der Waals surface area contributed by atoms with E-state index in [0.29, 0.717) is 5.52 Å². The summed E-state index contributed by atoms with van der Waals surface area (Å²) in [5, 5.41) is 14.1. The molecule has 9 heteroatoms. The van der Waals surface area contributed by atoms with Gasteiger partial charge in [0.05, 0.1) is 22.2 Å². The second-order valence-corrected chi connectivity index (χ2v) is 4.59. The van der Waals surface area contributed by atoms with Crippen LogP contribution in [0.1, 0.15) is 13.3 Å². The van der Waals surface area contributed by atoms with E-state index < -0.39 is 16.4 Å². The Morgan fingerprint density at radius 2 is 2.29 bits per heavy atom. The van der Waals surface area contributed by atoms with Gasteiger partial charge in [0.25, 0.3) is 11.2 Å². The van der Waals surface area contributed by atoms with E-state index in [4.69, 9.17) is 5.73 Å². The zero-order valence-electron chi connectivity index (χ0n) is 11.1. The zero-order valence-corrected chi connectivity index (χ0v) is 11.1. The van der Waals surface area contributed by atoms with Crippen molar-refractivity contribution in [2.45, 2.75) is 19.4 Å². The summed E-state index contributed by atoms with van der Waals surface area (Å²) in [6, 6.07) is 2.17. The van der Waals surface area contributed by atoms with Gasteiger partial charge in [-0.25, -0.2) is 4.98 Å². The largest absolute Gasteiger partial charge is 0.376 e. The lowest BCUT2D eigenvalue weighted by molar-refractivity contribution is -0.383. The molecule has 0 aliphatic rings. The number of H-pyrrole nitrogens is 1. The number of aromatic nitrogens is 2. The molecular weight excluding hydrogens is 278 g/mol.